The Morgan fingerprint density at radius 1 is 1.00 bits per heavy atom. The van der Waals surface area contributed by atoms with Gasteiger partial charge in [-0.1, -0.05) is 25.3 Å². The van der Waals surface area contributed by atoms with Crippen molar-refractivity contribution in [2.24, 2.45) is 17.8 Å². The van der Waals surface area contributed by atoms with Gasteiger partial charge in [0.05, 0.1) is 5.69 Å². The number of likely N-dealkylation sites (N-methyl/N-ethyl adjacent to an activating group) is 1. The number of anilines is 1. The highest BCUT2D eigenvalue weighted by Gasteiger charge is 2.34. The summed E-state index contributed by atoms with van der Waals surface area (Å²) in [5.74, 6) is -1.59. The van der Waals surface area contributed by atoms with E-state index in [1.54, 1.807) is 27.9 Å². The molecule has 0 radical (unpaired) electrons. The van der Waals surface area contributed by atoms with Gasteiger partial charge in [-0.05, 0) is 75.3 Å². The van der Waals surface area contributed by atoms with Gasteiger partial charge in [0.1, 0.15) is 17.6 Å². The van der Waals surface area contributed by atoms with Crippen molar-refractivity contribution in [2.75, 3.05) is 38.5 Å². The number of ketones is 1. The lowest BCUT2D eigenvalue weighted by Crippen LogP contribution is -2.55. The lowest BCUT2D eigenvalue weighted by Gasteiger charge is -2.35. The summed E-state index contributed by atoms with van der Waals surface area (Å²) in [6.45, 7) is 5.14. The summed E-state index contributed by atoms with van der Waals surface area (Å²) in [6, 6.07) is 5.41. The molecule has 2 heterocycles. The number of halogens is 1. The first-order valence-electron chi connectivity index (χ1n) is 16.6. The van der Waals surface area contributed by atoms with E-state index in [1.807, 2.05) is 14.0 Å². The van der Waals surface area contributed by atoms with E-state index in [9.17, 15) is 19.2 Å². The van der Waals surface area contributed by atoms with Crippen LogP contribution in [0.5, 0.6) is 0 Å². The summed E-state index contributed by atoms with van der Waals surface area (Å²) in [4.78, 5) is 57.0. The van der Waals surface area contributed by atoms with Crippen LogP contribution in [0.3, 0.4) is 0 Å². The van der Waals surface area contributed by atoms with E-state index >= 15 is 4.39 Å². The summed E-state index contributed by atoms with van der Waals surface area (Å²) >= 11 is 0. The molecule has 11 heteroatoms. The third-order valence-corrected chi connectivity index (χ3v) is 9.61. The molecule has 1 aromatic heterocycles. The van der Waals surface area contributed by atoms with Gasteiger partial charge in [0.15, 0.2) is 5.78 Å². The third kappa shape index (κ3) is 8.77. The normalized spacial score (nSPS) is 19.1. The van der Waals surface area contributed by atoms with E-state index in [0.717, 1.165) is 58.0 Å². The van der Waals surface area contributed by atoms with Gasteiger partial charge >= 0.3 is 0 Å². The molecule has 0 spiro atoms. The molecule has 2 aliphatic carbocycles. The van der Waals surface area contributed by atoms with Crippen molar-refractivity contribution in [3.05, 3.63) is 47.5 Å². The molecule has 2 aromatic rings. The standard InChI is InChI=1S/C34H47FN6O4/c1-3-41-30(13-14-36-41)31(42)22-26(25-7-5-4-6-8-25)33(44)38-28-12-11-24(19-27(28)35)20-29(37-32(43)21-23-9-10-23)34(45)40-17-15-39(2)16-18-40/h11-14,19,23,25-26,29H,3-10,15-18,20-22H2,1-2H3,(H,37,43)(H,38,44)/t26-,29+/m0/s1. The fourth-order valence-corrected chi connectivity index (χ4v) is 6.67. The zero-order valence-electron chi connectivity index (χ0n) is 26.6. The number of aromatic nitrogens is 2. The Kier molecular flexibility index (Phi) is 11.0. The number of amides is 3. The number of carbonyl (C=O) groups is 4. The molecule has 2 saturated carbocycles. The van der Waals surface area contributed by atoms with Crippen molar-refractivity contribution in [2.45, 2.75) is 83.7 Å². The Balaban J connectivity index is 1.28. The Labute approximate surface area is 265 Å². The number of hydrogen-bond donors (Lipinski definition) is 2. The van der Waals surface area contributed by atoms with Gasteiger partial charge in [-0.3, -0.25) is 23.9 Å². The number of carbonyl (C=O) groups excluding carboxylic acids is 4. The van der Waals surface area contributed by atoms with Gasteiger partial charge in [0, 0.05) is 64.1 Å². The minimum Gasteiger partial charge on any atom is -0.344 e. The predicted octanol–water partition coefficient (Wildman–Crippen LogP) is 4.05. The van der Waals surface area contributed by atoms with Crippen LogP contribution in [0.2, 0.25) is 0 Å². The lowest BCUT2D eigenvalue weighted by atomic mass is 9.77. The van der Waals surface area contributed by atoms with Crippen LogP contribution >= 0.6 is 0 Å². The van der Waals surface area contributed by atoms with Crippen LogP contribution in [-0.4, -0.2) is 82.4 Å². The maximum absolute atomic E-state index is 15.5. The second-order valence-electron chi connectivity index (χ2n) is 13.1. The molecule has 45 heavy (non-hydrogen) atoms. The van der Waals surface area contributed by atoms with E-state index in [-0.39, 0.29) is 48.0 Å². The minimum atomic E-state index is -0.794. The van der Waals surface area contributed by atoms with E-state index in [2.05, 4.69) is 20.6 Å². The van der Waals surface area contributed by atoms with Crippen molar-refractivity contribution in [3.63, 3.8) is 0 Å². The van der Waals surface area contributed by atoms with E-state index < -0.39 is 17.8 Å². The molecular weight excluding hydrogens is 575 g/mol. The highest BCUT2D eigenvalue weighted by molar-refractivity contribution is 6.00. The number of piperazine rings is 1. The summed E-state index contributed by atoms with van der Waals surface area (Å²) in [7, 11) is 2.01. The Morgan fingerprint density at radius 2 is 1.73 bits per heavy atom. The lowest BCUT2D eigenvalue weighted by molar-refractivity contribution is -0.137. The fraction of sp³-hybridized carbons (Fsp3) is 0.618. The Hall–Kier alpha value is -3.60. The highest BCUT2D eigenvalue weighted by Crippen LogP contribution is 2.34. The number of hydrogen-bond acceptors (Lipinski definition) is 6. The van der Waals surface area contributed by atoms with Crippen LogP contribution in [0.4, 0.5) is 10.1 Å². The maximum Gasteiger partial charge on any atom is 0.245 e. The summed E-state index contributed by atoms with van der Waals surface area (Å²) in [5.41, 5.74) is 1.07. The van der Waals surface area contributed by atoms with Crippen LogP contribution in [0, 0.1) is 23.6 Å². The van der Waals surface area contributed by atoms with Crippen LogP contribution in [0.1, 0.15) is 80.8 Å². The van der Waals surface area contributed by atoms with Crippen LogP contribution < -0.4 is 10.6 Å². The second-order valence-corrected chi connectivity index (χ2v) is 13.1. The Bertz CT molecular complexity index is 1360. The first-order valence-corrected chi connectivity index (χ1v) is 16.6. The molecule has 3 fully saturated rings. The number of nitrogens with one attached hydrogen (secondary N) is 2. The third-order valence-electron chi connectivity index (χ3n) is 9.61. The number of aryl methyl sites for hydroxylation is 1. The quantitative estimate of drug-likeness (QED) is 0.326. The number of Topliss-reactive ketones (excluding diaryl/α,β-unsaturated/α-hetero) is 1. The first kappa shape index (κ1) is 32.8. The first-order chi connectivity index (χ1) is 21.7. The maximum atomic E-state index is 15.5. The van der Waals surface area contributed by atoms with Crippen molar-refractivity contribution in [1.82, 2.24) is 24.9 Å². The number of benzene rings is 1. The van der Waals surface area contributed by atoms with Crippen molar-refractivity contribution in [3.8, 4) is 0 Å². The van der Waals surface area contributed by atoms with Crippen molar-refractivity contribution in [1.29, 1.82) is 0 Å². The molecule has 5 rings (SSSR count). The van der Waals surface area contributed by atoms with Crippen LogP contribution in [-0.2, 0) is 27.3 Å². The Morgan fingerprint density at radius 3 is 2.40 bits per heavy atom. The molecule has 3 aliphatic rings. The molecule has 0 bridgehead atoms. The zero-order chi connectivity index (χ0) is 31.9. The fourth-order valence-electron chi connectivity index (χ4n) is 6.67. The van der Waals surface area contributed by atoms with E-state index in [4.69, 9.17) is 0 Å². The van der Waals surface area contributed by atoms with Crippen molar-refractivity contribution < 1.29 is 23.6 Å². The highest BCUT2D eigenvalue weighted by atomic mass is 19.1. The topological polar surface area (TPSA) is 117 Å². The summed E-state index contributed by atoms with van der Waals surface area (Å²) in [6.07, 6.45) is 9.07. The number of rotatable bonds is 13. The SMILES string of the molecule is CCn1nccc1C(=O)C[C@H](C(=O)Nc1ccc(C[C@@H](NC(=O)CC2CC2)C(=O)N2CCN(C)CC2)cc1F)C1CCCCC1. The van der Waals surface area contributed by atoms with Gasteiger partial charge in [-0.2, -0.15) is 5.10 Å². The second kappa shape index (κ2) is 15.1. The van der Waals surface area contributed by atoms with Crippen molar-refractivity contribution >= 4 is 29.2 Å². The molecule has 1 aliphatic heterocycles. The minimum absolute atomic E-state index is 0.0373. The van der Waals surface area contributed by atoms with Gasteiger partial charge in [-0.25, -0.2) is 4.39 Å². The van der Waals surface area contributed by atoms with Crippen LogP contribution in [0.15, 0.2) is 30.5 Å². The predicted molar refractivity (Wildman–Crippen MR) is 169 cm³/mol. The van der Waals surface area contributed by atoms with Gasteiger partial charge in [0.2, 0.25) is 17.7 Å². The molecular formula is C34H47FN6O4. The molecule has 2 N–H and O–H groups in total. The molecule has 10 nitrogen and oxygen atoms in total. The smallest absolute Gasteiger partial charge is 0.245 e. The van der Waals surface area contributed by atoms with Gasteiger partial charge in [-0.15, -0.1) is 0 Å². The zero-order valence-corrected chi connectivity index (χ0v) is 26.6. The van der Waals surface area contributed by atoms with Gasteiger partial charge < -0.3 is 20.4 Å². The largest absolute Gasteiger partial charge is 0.344 e. The monoisotopic (exact) mass is 622 g/mol. The van der Waals surface area contributed by atoms with Crippen LogP contribution in [0.25, 0.3) is 0 Å². The van der Waals surface area contributed by atoms with E-state index in [1.165, 1.54) is 12.1 Å². The summed E-state index contributed by atoms with van der Waals surface area (Å²) in [5, 5.41) is 9.89. The molecule has 0 unspecified atom stereocenters. The molecule has 1 saturated heterocycles. The molecule has 2 atom stereocenters. The average molecular weight is 623 g/mol. The summed E-state index contributed by atoms with van der Waals surface area (Å²) < 4.78 is 17.1. The molecule has 244 valence electrons. The molecule has 1 aromatic carbocycles. The van der Waals surface area contributed by atoms with E-state index in [0.29, 0.717) is 43.2 Å². The number of nitrogens with zero attached hydrogens (tertiary/aromatic N) is 4. The van der Waals surface area contributed by atoms with Gasteiger partial charge in [0.25, 0.3) is 0 Å². The average Bonchev–Trinajstić information content (AvgIpc) is 3.71. The molecule has 3 amide bonds.